The summed E-state index contributed by atoms with van der Waals surface area (Å²) in [4.78, 5) is 2.20. The van der Waals surface area contributed by atoms with Crippen LogP contribution in [0.15, 0.2) is 35.5 Å². The first-order valence-electron chi connectivity index (χ1n) is 5.46. The van der Waals surface area contributed by atoms with Crippen molar-refractivity contribution in [3.63, 3.8) is 0 Å². The van der Waals surface area contributed by atoms with E-state index in [4.69, 9.17) is 10.9 Å². The Morgan fingerprint density at radius 2 is 2.06 bits per heavy atom. The van der Waals surface area contributed by atoms with Crippen LogP contribution in [0.4, 0.5) is 5.69 Å². The van der Waals surface area contributed by atoms with Gasteiger partial charge in [0.1, 0.15) is 5.84 Å². The van der Waals surface area contributed by atoms with E-state index in [-0.39, 0.29) is 11.8 Å². The van der Waals surface area contributed by atoms with E-state index in [1.165, 1.54) is 0 Å². The number of oxime groups is 1. The van der Waals surface area contributed by atoms with E-state index in [9.17, 15) is 0 Å². The average molecular weight is 221 g/mol. The molecule has 1 rings (SSSR count). The third-order valence-corrected chi connectivity index (χ3v) is 2.62. The van der Waals surface area contributed by atoms with Crippen LogP contribution in [0.2, 0.25) is 0 Å². The summed E-state index contributed by atoms with van der Waals surface area (Å²) in [5, 5.41) is 11.6. The smallest absolute Gasteiger partial charge is 0.143 e. The molecule has 0 saturated heterocycles. The standard InChI is InChI=1S/C12H19N3O/c1-3-15(9-10(2)12(13)14-16)11-7-5-4-6-8-11/h4-8,10,16H,3,9H2,1-2H3,(H2,13,14). The minimum atomic E-state index is 0.0326. The van der Waals surface area contributed by atoms with Gasteiger partial charge in [0.2, 0.25) is 0 Å². The minimum Gasteiger partial charge on any atom is -0.409 e. The second-order valence-corrected chi connectivity index (χ2v) is 3.80. The lowest BCUT2D eigenvalue weighted by atomic mass is 10.1. The molecule has 0 bridgehead atoms. The lowest BCUT2D eigenvalue weighted by molar-refractivity contribution is 0.314. The maximum Gasteiger partial charge on any atom is 0.143 e. The zero-order chi connectivity index (χ0) is 12.0. The fourth-order valence-electron chi connectivity index (χ4n) is 1.58. The summed E-state index contributed by atoms with van der Waals surface area (Å²) >= 11 is 0. The predicted molar refractivity (Wildman–Crippen MR) is 66.9 cm³/mol. The predicted octanol–water partition coefficient (Wildman–Crippen LogP) is 1.90. The number of amidine groups is 1. The molecular formula is C12H19N3O. The van der Waals surface area contributed by atoms with E-state index >= 15 is 0 Å². The van der Waals surface area contributed by atoms with E-state index in [1.807, 2.05) is 25.1 Å². The molecule has 0 amide bonds. The van der Waals surface area contributed by atoms with Crippen LogP contribution >= 0.6 is 0 Å². The minimum absolute atomic E-state index is 0.0326. The molecular weight excluding hydrogens is 202 g/mol. The number of anilines is 1. The van der Waals surface area contributed by atoms with Gasteiger partial charge in [0.05, 0.1) is 0 Å². The number of benzene rings is 1. The highest BCUT2D eigenvalue weighted by Gasteiger charge is 2.12. The number of hydrogen-bond donors (Lipinski definition) is 2. The molecule has 0 heterocycles. The Bertz CT molecular complexity index is 337. The summed E-state index contributed by atoms with van der Waals surface area (Å²) < 4.78 is 0. The summed E-state index contributed by atoms with van der Waals surface area (Å²) in [6.07, 6.45) is 0. The van der Waals surface area contributed by atoms with E-state index in [0.717, 1.165) is 18.8 Å². The Morgan fingerprint density at radius 1 is 1.44 bits per heavy atom. The van der Waals surface area contributed by atoms with Gasteiger partial charge >= 0.3 is 0 Å². The van der Waals surface area contributed by atoms with Crippen molar-refractivity contribution in [2.24, 2.45) is 16.8 Å². The lowest BCUT2D eigenvalue weighted by Gasteiger charge is -2.26. The van der Waals surface area contributed by atoms with Gasteiger partial charge in [0, 0.05) is 24.7 Å². The molecule has 4 heteroatoms. The summed E-state index contributed by atoms with van der Waals surface area (Å²) in [5.41, 5.74) is 6.73. The number of rotatable bonds is 5. The fourth-order valence-corrected chi connectivity index (χ4v) is 1.58. The zero-order valence-electron chi connectivity index (χ0n) is 9.80. The number of hydrogen-bond acceptors (Lipinski definition) is 3. The van der Waals surface area contributed by atoms with Crippen molar-refractivity contribution in [2.75, 3.05) is 18.0 Å². The summed E-state index contributed by atoms with van der Waals surface area (Å²) in [6.45, 7) is 5.68. The van der Waals surface area contributed by atoms with Crippen LogP contribution in [0, 0.1) is 5.92 Å². The molecule has 0 radical (unpaired) electrons. The Morgan fingerprint density at radius 3 is 2.56 bits per heavy atom. The van der Waals surface area contributed by atoms with E-state index in [1.54, 1.807) is 0 Å². The first-order chi connectivity index (χ1) is 7.69. The van der Waals surface area contributed by atoms with Crippen molar-refractivity contribution in [2.45, 2.75) is 13.8 Å². The van der Waals surface area contributed by atoms with E-state index < -0.39 is 0 Å². The largest absolute Gasteiger partial charge is 0.409 e. The van der Waals surface area contributed by atoms with Crippen LogP contribution in [0.25, 0.3) is 0 Å². The number of para-hydroxylation sites is 1. The first kappa shape index (κ1) is 12.4. The molecule has 4 nitrogen and oxygen atoms in total. The molecule has 16 heavy (non-hydrogen) atoms. The third kappa shape index (κ3) is 3.15. The summed E-state index contributed by atoms with van der Waals surface area (Å²) in [6, 6.07) is 10.1. The first-order valence-corrected chi connectivity index (χ1v) is 5.46. The molecule has 0 aliphatic heterocycles. The molecule has 0 fully saturated rings. The molecule has 1 unspecified atom stereocenters. The quantitative estimate of drug-likeness (QED) is 0.345. The Labute approximate surface area is 96.4 Å². The highest BCUT2D eigenvalue weighted by atomic mass is 16.4. The molecule has 0 aliphatic carbocycles. The SMILES string of the molecule is CCN(CC(C)/C(N)=N/O)c1ccccc1. The number of nitrogens with zero attached hydrogens (tertiary/aromatic N) is 2. The Kier molecular flexibility index (Phi) is 4.64. The second kappa shape index (κ2) is 6.00. The Hall–Kier alpha value is -1.71. The van der Waals surface area contributed by atoms with Crippen molar-refractivity contribution >= 4 is 11.5 Å². The van der Waals surface area contributed by atoms with Gasteiger partial charge < -0.3 is 15.8 Å². The summed E-state index contributed by atoms with van der Waals surface area (Å²) in [5.74, 6) is 0.305. The van der Waals surface area contributed by atoms with Gasteiger partial charge in [0.25, 0.3) is 0 Å². The second-order valence-electron chi connectivity index (χ2n) is 3.80. The maximum absolute atomic E-state index is 8.61. The third-order valence-electron chi connectivity index (χ3n) is 2.62. The molecule has 88 valence electrons. The van der Waals surface area contributed by atoms with Crippen LogP contribution in [0.3, 0.4) is 0 Å². The van der Waals surface area contributed by atoms with Crippen LogP contribution in [0.1, 0.15) is 13.8 Å². The molecule has 0 saturated carbocycles. The fraction of sp³-hybridized carbons (Fsp3) is 0.417. The van der Waals surface area contributed by atoms with Gasteiger partial charge in [-0.3, -0.25) is 0 Å². The lowest BCUT2D eigenvalue weighted by Crippen LogP contribution is -2.34. The van der Waals surface area contributed by atoms with Crippen molar-refractivity contribution in [3.8, 4) is 0 Å². The van der Waals surface area contributed by atoms with Gasteiger partial charge in [-0.2, -0.15) is 0 Å². The molecule has 0 spiro atoms. The van der Waals surface area contributed by atoms with Gasteiger partial charge in [0.15, 0.2) is 0 Å². The monoisotopic (exact) mass is 221 g/mol. The van der Waals surface area contributed by atoms with Gasteiger partial charge in [-0.15, -0.1) is 0 Å². The van der Waals surface area contributed by atoms with E-state index in [2.05, 4.69) is 29.1 Å². The molecule has 1 aromatic carbocycles. The molecule has 1 aromatic rings. The van der Waals surface area contributed by atoms with Gasteiger partial charge in [-0.05, 0) is 19.1 Å². The zero-order valence-corrected chi connectivity index (χ0v) is 9.80. The van der Waals surface area contributed by atoms with Crippen molar-refractivity contribution < 1.29 is 5.21 Å². The van der Waals surface area contributed by atoms with Crippen molar-refractivity contribution in [1.29, 1.82) is 0 Å². The van der Waals surface area contributed by atoms with Crippen molar-refractivity contribution in [3.05, 3.63) is 30.3 Å². The molecule has 3 N–H and O–H groups in total. The van der Waals surface area contributed by atoms with Crippen molar-refractivity contribution in [1.82, 2.24) is 0 Å². The van der Waals surface area contributed by atoms with Crippen LogP contribution < -0.4 is 10.6 Å². The normalized spacial score (nSPS) is 13.5. The summed E-state index contributed by atoms with van der Waals surface area (Å²) in [7, 11) is 0. The van der Waals surface area contributed by atoms with Gasteiger partial charge in [-0.1, -0.05) is 30.3 Å². The molecule has 0 aromatic heterocycles. The topological polar surface area (TPSA) is 61.8 Å². The molecule has 1 atom stereocenters. The Balaban J connectivity index is 2.70. The van der Waals surface area contributed by atoms with Crippen LogP contribution in [-0.4, -0.2) is 24.1 Å². The number of nitrogens with two attached hydrogens (primary N) is 1. The maximum atomic E-state index is 8.61. The van der Waals surface area contributed by atoms with Crippen LogP contribution in [-0.2, 0) is 0 Å². The average Bonchev–Trinajstić information content (AvgIpc) is 2.35. The highest BCUT2D eigenvalue weighted by molar-refractivity contribution is 5.82. The van der Waals surface area contributed by atoms with Crippen LogP contribution in [0.5, 0.6) is 0 Å². The van der Waals surface area contributed by atoms with Gasteiger partial charge in [-0.25, -0.2) is 0 Å². The van der Waals surface area contributed by atoms with E-state index in [0.29, 0.717) is 0 Å². The highest BCUT2D eigenvalue weighted by Crippen LogP contribution is 2.14. The molecule has 0 aliphatic rings.